The van der Waals surface area contributed by atoms with E-state index in [1.807, 2.05) is 35.7 Å². The van der Waals surface area contributed by atoms with Gasteiger partial charge in [0.1, 0.15) is 12.2 Å². The Labute approximate surface area is 221 Å². The molecule has 2 aliphatic heterocycles. The molecule has 0 radical (unpaired) electrons. The molecule has 2 aliphatic rings. The summed E-state index contributed by atoms with van der Waals surface area (Å²) >= 11 is 0. The Hall–Kier alpha value is -3.98. The van der Waals surface area contributed by atoms with Crippen molar-refractivity contribution in [1.82, 2.24) is 29.5 Å². The number of piperidine rings is 1. The van der Waals surface area contributed by atoms with Gasteiger partial charge in [-0.25, -0.2) is 9.75 Å². The van der Waals surface area contributed by atoms with Gasteiger partial charge in [0.05, 0.1) is 30.8 Å². The first-order chi connectivity index (χ1) is 18.4. The van der Waals surface area contributed by atoms with E-state index >= 15 is 0 Å². The van der Waals surface area contributed by atoms with Crippen molar-refractivity contribution in [3.05, 3.63) is 72.6 Å². The van der Waals surface area contributed by atoms with Crippen molar-refractivity contribution >= 4 is 22.7 Å². The summed E-state index contributed by atoms with van der Waals surface area (Å²) in [6.07, 6.45) is 3.90. The molecule has 0 spiro atoms. The summed E-state index contributed by atoms with van der Waals surface area (Å²) in [7, 11) is 0. The van der Waals surface area contributed by atoms with Gasteiger partial charge in [-0.3, -0.25) is 14.4 Å². The van der Waals surface area contributed by atoms with Crippen LogP contribution in [0.1, 0.15) is 44.8 Å². The fourth-order valence-corrected chi connectivity index (χ4v) is 5.51. The van der Waals surface area contributed by atoms with Gasteiger partial charge in [0, 0.05) is 29.7 Å². The third-order valence-electron chi connectivity index (χ3n) is 7.44. The van der Waals surface area contributed by atoms with E-state index in [-0.39, 0.29) is 24.4 Å². The second-order valence-electron chi connectivity index (χ2n) is 10.8. The summed E-state index contributed by atoms with van der Waals surface area (Å²) in [6.45, 7) is 5.53. The number of nitrogens with zero attached hydrogens (tertiary/aromatic N) is 6. The number of amides is 2. The monoisotopic (exact) mass is 512 g/mol. The lowest BCUT2D eigenvalue weighted by atomic mass is 10.1. The maximum absolute atomic E-state index is 12.8. The van der Waals surface area contributed by atoms with Crippen molar-refractivity contribution in [2.24, 2.45) is 0 Å². The standard InChI is InChI=1S/C29H32N6O3/c1-29(2)17-27(36)35(38-29)20-28(37)32-14-12-24(13-15-32)34-19-23(30-31-34)18-33-25-11-7-6-10-22(25)16-26(33)21-8-4-3-5-9-21/h3-11,16,19,24H,12-15,17-18,20H2,1-2H3. The van der Waals surface area contributed by atoms with Crippen LogP contribution < -0.4 is 0 Å². The summed E-state index contributed by atoms with van der Waals surface area (Å²) in [5, 5.41) is 11.4. The number of para-hydroxylation sites is 1. The van der Waals surface area contributed by atoms with E-state index in [1.54, 1.807) is 0 Å². The highest BCUT2D eigenvalue weighted by molar-refractivity contribution is 5.87. The quantitative estimate of drug-likeness (QED) is 0.389. The van der Waals surface area contributed by atoms with Crippen LogP contribution in [-0.4, -0.2) is 66.6 Å². The van der Waals surface area contributed by atoms with Gasteiger partial charge in [0.2, 0.25) is 11.8 Å². The molecule has 9 heteroatoms. The number of carbonyl (C=O) groups is 2. The second-order valence-corrected chi connectivity index (χ2v) is 10.8. The average Bonchev–Trinajstić information content (AvgIpc) is 3.60. The summed E-state index contributed by atoms with van der Waals surface area (Å²) in [5.41, 5.74) is 3.82. The topological polar surface area (TPSA) is 85.5 Å². The van der Waals surface area contributed by atoms with Crippen LogP contribution in [0.15, 0.2) is 66.9 Å². The minimum Gasteiger partial charge on any atom is -0.341 e. The summed E-state index contributed by atoms with van der Waals surface area (Å²) in [6, 6.07) is 21.2. The zero-order chi connectivity index (χ0) is 26.3. The average molecular weight is 513 g/mol. The lowest BCUT2D eigenvalue weighted by molar-refractivity contribution is -0.194. The predicted octanol–water partition coefficient (Wildman–Crippen LogP) is 4.05. The zero-order valence-electron chi connectivity index (χ0n) is 21.8. The van der Waals surface area contributed by atoms with Crippen molar-refractivity contribution in [3.8, 4) is 11.3 Å². The molecule has 38 heavy (non-hydrogen) atoms. The number of rotatable bonds is 6. The number of likely N-dealkylation sites (tertiary alicyclic amines) is 1. The number of hydroxylamine groups is 2. The molecule has 0 saturated carbocycles. The molecule has 4 aromatic rings. The summed E-state index contributed by atoms with van der Waals surface area (Å²) in [5.74, 6) is -0.221. The number of benzene rings is 2. The van der Waals surface area contributed by atoms with E-state index in [4.69, 9.17) is 4.84 Å². The van der Waals surface area contributed by atoms with E-state index in [1.165, 1.54) is 10.4 Å². The van der Waals surface area contributed by atoms with Gasteiger partial charge in [0.25, 0.3) is 0 Å². The second kappa shape index (κ2) is 9.72. The van der Waals surface area contributed by atoms with E-state index in [0.717, 1.165) is 35.3 Å². The van der Waals surface area contributed by atoms with Gasteiger partial charge < -0.3 is 9.47 Å². The molecule has 0 aliphatic carbocycles. The Kier molecular flexibility index (Phi) is 6.23. The highest BCUT2D eigenvalue weighted by atomic mass is 16.7. The van der Waals surface area contributed by atoms with Crippen LogP contribution >= 0.6 is 0 Å². The molecule has 0 N–H and O–H groups in total. The SMILES string of the molecule is CC1(C)CC(=O)N(CC(=O)N2CCC(n3cc(Cn4c(-c5ccccc5)cc5ccccc54)nn3)CC2)O1. The Balaban J connectivity index is 1.12. The van der Waals surface area contributed by atoms with Crippen molar-refractivity contribution in [3.63, 3.8) is 0 Å². The molecule has 2 amide bonds. The number of carbonyl (C=O) groups excluding carboxylic acids is 2. The molecule has 2 aromatic carbocycles. The van der Waals surface area contributed by atoms with Crippen LogP contribution in [0.25, 0.3) is 22.2 Å². The smallest absolute Gasteiger partial charge is 0.249 e. The molecule has 0 bridgehead atoms. The van der Waals surface area contributed by atoms with E-state index in [0.29, 0.717) is 26.1 Å². The van der Waals surface area contributed by atoms with Crippen LogP contribution in [0, 0.1) is 0 Å². The van der Waals surface area contributed by atoms with Crippen LogP contribution in [0.5, 0.6) is 0 Å². The van der Waals surface area contributed by atoms with Crippen LogP contribution in [0.4, 0.5) is 0 Å². The van der Waals surface area contributed by atoms with Gasteiger partial charge in [-0.15, -0.1) is 5.10 Å². The normalized spacial score (nSPS) is 18.0. The van der Waals surface area contributed by atoms with Crippen molar-refractivity contribution in [2.75, 3.05) is 19.6 Å². The third kappa shape index (κ3) is 4.81. The molecule has 2 fully saturated rings. The van der Waals surface area contributed by atoms with Crippen LogP contribution in [0.2, 0.25) is 0 Å². The number of hydrogen-bond acceptors (Lipinski definition) is 5. The molecule has 4 heterocycles. The van der Waals surface area contributed by atoms with Crippen molar-refractivity contribution < 1.29 is 14.4 Å². The minimum atomic E-state index is -0.552. The third-order valence-corrected chi connectivity index (χ3v) is 7.44. The van der Waals surface area contributed by atoms with E-state index in [2.05, 4.69) is 69.5 Å². The van der Waals surface area contributed by atoms with Gasteiger partial charge in [-0.2, -0.15) is 0 Å². The van der Waals surface area contributed by atoms with Crippen molar-refractivity contribution in [1.29, 1.82) is 0 Å². The highest BCUT2D eigenvalue weighted by Gasteiger charge is 2.39. The molecular weight excluding hydrogens is 480 g/mol. The number of hydrogen-bond donors (Lipinski definition) is 0. The first-order valence-corrected chi connectivity index (χ1v) is 13.2. The minimum absolute atomic E-state index is 0.0328. The Morgan fingerprint density at radius 3 is 2.53 bits per heavy atom. The predicted molar refractivity (Wildman–Crippen MR) is 143 cm³/mol. The maximum atomic E-state index is 12.8. The molecule has 6 rings (SSSR count). The molecule has 9 nitrogen and oxygen atoms in total. The molecule has 2 saturated heterocycles. The lowest BCUT2D eigenvalue weighted by Crippen LogP contribution is -2.44. The molecule has 0 unspecified atom stereocenters. The Morgan fingerprint density at radius 2 is 1.79 bits per heavy atom. The number of aromatic nitrogens is 4. The molecule has 196 valence electrons. The Bertz CT molecular complexity index is 1470. The fourth-order valence-electron chi connectivity index (χ4n) is 5.51. The van der Waals surface area contributed by atoms with Gasteiger partial charge in [-0.05, 0) is 44.4 Å². The lowest BCUT2D eigenvalue weighted by Gasteiger charge is -2.32. The van der Waals surface area contributed by atoms with E-state index < -0.39 is 5.60 Å². The largest absolute Gasteiger partial charge is 0.341 e. The van der Waals surface area contributed by atoms with E-state index in [9.17, 15) is 9.59 Å². The van der Waals surface area contributed by atoms with Crippen molar-refractivity contribution in [2.45, 2.75) is 51.3 Å². The first kappa shape index (κ1) is 24.4. The van der Waals surface area contributed by atoms with Gasteiger partial charge in [-0.1, -0.05) is 53.7 Å². The van der Waals surface area contributed by atoms with Gasteiger partial charge >= 0.3 is 0 Å². The molecule has 2 aromatic heterocycles. The van der Waals surface area contributed by atoms with Crippen LogP contribution in [-0.2, 0) is 21.0 Å². The van der Waals surface area contributed by atoms with Gasteiger partial charge in [0.15, 0.2) is 0 Å². The fraction of sp³-hybridized carbons (Fsp3) is 0.379. The summed E-state index contributed by atoms with van der Waals surface area (Å²) in [4.78, 5) is 32.4. The highest BCUT2D eigenvalue weighted by Crippen LogP contribution is 2.30. The summed E-state index contributed by atoms with van der Waals surface area (Å²) < 4.78 is 4.24. The maximum Gasteiger partial charge on any atom is 0.249 e. The number of fused-ring (bicyclic) bond motifs is 1. The first-order valence-electron chi connectivity index (χ1n) is 13.2. The molecular formula is C29H32N6O3. The van der Waals surface area contributed by atoms with Crippen LogP contribution in [0.3, 0.4) is 0 Å². The Morgan fingerprint density at radius 1 is 1.05 bits per heavy atom. The molecule has 0 atom stereocenters. The zero-order valence-corrected chi connectivity index (χ0v) is 21.8.